The molecule has 0 fully saturated rings. The molecule has 0 aliphatic heterocycles. The van der Waals surface area contributed by atoms with Crippen LogP contribution in [-0.2, 0) is 9.47 Å². The quantitative estimate of drug-likeness (QED) is 0.510. The van der Waals surface area contributed by atoms with Gasteiger partial charge in [-0.2, -0.15) is 0 Å². The molecule has 2 N–H and O–H groups in total. The number of aromatic nitrogens is 1. The van der Waals surface area contributed by atoms with Gasteiger partial charge in [0.1, 0.15) is 11.3 Å². The molecule has 0 aliphatic carbocycles. The van der Waals surface area contributed by atoms with E-state index in [1.54, 1.807) is 24.3 Å². The zero-order valence-corrected chi connectivity index (χ0v) is 13.2. The number of amides is 1. The molecule has 0 saturated carbocycles. The Morgan fingerprint density at radius 1 is 1.29 bits per heavy atom. The van der Waals surface area contributed by atoms with E-state index in [2.05, 4.69) is 21.6 Å². The van der Waals surface area contributed by atoms with Gasteiger partial charge in [0, 0.05) is 22.8 Å². The number of hydrogen-bond donors (Lipinski definition) is 2. The lowest BCUT2D eigenvalue weighted by Crippen LogP contribution is -2.27. The minimum Gasteiger partial charge on any atom is -0.437 e. The van der Waals surface area contributed by atoms with Crippen LogP contribution in [-0.4, -0.2) is 24.2 Å². The van der Waals surface area contributed by atoms with Gasteiger partial charge in [-0.1, -0.05) is 18.7 Å². The van der Waals surface area contributed by atoms with Gasteiger partial charge in [-0.15, -0.1) is 0 Å². The van der Waals surface area contributed by atoms with Crippen LogP contribution in [0.4, 0.5) is 4.79 Å². The van der Waals surface area contributed by atoms with Crippen LogP contribution in [0.5, 0.6) is 0 Å². The zero-order chi connectivity index (χ0) is 17.7. The van der Waals surface area contributed by atoms with Crippen LogP contribution in [0.25, 0.3) is 10.9 Å². The van der Waals surface area contributed by atoms with Crippen molar-refractivity contribution in [2.24, 2.45) is 0 Å². The third kappa shape index (κ3) is 3.89. The molecule has 0 spiro atoms. The number of fused-ring (bicyclic) bond motifs is 1. The van der Waals surface area contributed by atoms with E-state index >= 15 is 0 Å². The topological polar surface area (TPSA) is 97.5 Å². The summed E-state index contributed by atoms with van der Waals surface area (Å²) in [7, 11) is 1.18. The van der Waals surface area contributed by atoms with Crippen molar-refractivity contribution in [3.63, 3.8) is 0 Å². The number of hydrogen-bond acceptors (Lipinski definition) is 5. The maximum absolute atomic E-state index is 12.3. The van der Waals surface area contributed by atoms with E-state index < -0.39 is 12.1 Å². The smallest absolute Gasteiger partial charge is 0.437 e. The van der Waals surface area contributed by atoms with E-state index in [0.717, 1.165) is 0 Å². The van der Waals surface area contributed by atoms with E-state index in [4.69, 9.17) is 4.74 Å². The van der Waals surface area contributed by atoms with Gasteiger partial charge in [0.15, 0.2) is 0 Å². The molecule has 2 aromatic rings. The summed E-state index contributed by atoms with van der Waals surface area (Å²) in [4.78, 5) is 38.4. The second kappa shape index (κ2) is 7.28. The Morgan fingerprint density at radius 2 is 2.00 bits per heavy atom. The number of carbonyl (C=O) groups excluding carboxylic acids is 2. The highest BCUT2D eigenvalue weighted by Crippen LogP contribution is 2.08. The molecule has 0 bridgehead atoms. The lowest BCUT2D eigenvalue weighted by molar-refractivity contribution is 0.0966. The summed E-state index contributed by atoms with van der Waals surface area (Å²) in [6.07, 6.45) is 1.80. The monoisotopic (exact) mass is 328 g/mol. The van der Waals surface area contributed by atoms with E-state index in [1.807, 2.05) is 0 Å². The van der Waals surface area contributed by atoms with Crippen molar-refractivity contribution in [1.29, 1.82) is 0 Å². The van der Waals surface area contributed by atoms with Gasteiger partial charge in [0.05, 0.1) is 7.11 Å². The molecule has 7 nitrogen and oxygen atoms in total. The highest BCUT2D eigenvalue weighted by Gasteiger charge is 2.13. The highest BCUT2D eigenvalue weighted by atomic mass is 16.7. The number of para-hydroxylation sites is 1. The standard InChI is InChI=1S/C17H16N2O5/c1-10(8-11(2)24-17(22)23-3)19-16(21)13-9-18-14-7-5-4-6-12(14)15(13)20/h4-9H,1H2,2-3H3,(H,18,20)(H,19,21)/b11-8+. The van der Waals surface area contributed by atoms with E-state index in [1.165, 1.54) is 26.3 Å². The van der Waals surface area contributed by atoms with Crippen molar-refractivity contribution in [3.8, 4) is 0 Å². The van der Waals surface area contributed by atoms with Gasteiger partial charge in [0.2, 0.25) is 5.43 Å². The molecule has 0 radical (unpaired) electrons. The molecule has 0 unspecified atom stereocenters. The first-order chi connectivity index (χ1) is 11.4. The predicted molar refractivity (Wildman–Crippen MR) is 88.4 cm³/mol. The summed E-state index contributed by atoms with van der Waals surface area (Å²) in [5.41, 5.74) is 0.366. The van der Waals surface area contributed by atoms with E-state index in [-0.39, 0.29) is 22.4 Å². The third-order valence-corrected chi connectivity index (χ3v) is 3.10. The van der Waals surface area contributed by atoms with Crippen LogP contribution in [0.2, 0.25) is 0 Å². The molecule has 0 aliphatic rings. The number of methoxy groups -OCH3 is 1. The van der Waals surface area contributed by atoms with Gasteiger partial charge in [-0.05, 0) is 25.1 Å². The molecule has 1 aromatic heterocycles. The second-order valence-electron chi connectivity index (χ2n) is 4.87. The minimum atomic E-state index is -0.881. The largest absolute Gasteiger partial charge is 0.513 e. The van der Waals surface area contributed by atoms with Gasteiger partial charge in [0.25, 0.3) is 5.91 Å². The molecule has 124 valence electrons. The molecule has 0 saturated heterocycles. The molecule has 0 atom stereocenters. The van der Waals surface area contributed by atoms with Crippen molar-refractivity contribution in [2.75, 3.05) is 7.11 Å². The number of carbonyl (C=O) groups is 2. The van der Waals surface area contributed by atoms with Gasteiger partial charge in [-0.25, -0.2) is 4.79 Å². The van der Waals surface area contributed by atoms with E-state index in [0.29, 0.717) is 10.9 Å². The van der Waals surface area contributed by atoms with Gasteiger partial charge < -0.3 is 19.8 Å². The summed E-state index contributed by atoms with van der Waals surface area (Å²) in [6.45, 7) is 5.13. The number of H-pyrrole nitrogens is 1. The molecule has 24 heavy (non-hydrogen) atoms. The van der Waals surface area contributed by atoms with Gasteiger partial charge >= 0.3 is 6.16 Å². The van der Waals surface area contributed by atoms with E-state index in [9.17, 15) is 14.4 Å². The maximum Gasteiger partial charge on any atom is 0.513 e. The lowest BCUT2D eigenvalue weighted by atomic mass is 10.1. The van der Waals surface area contributed by atoms with Crippen LogP contribution in [0.3, 0.4) is 0 Å². The first-order valence-electron chi connectivity index (χ1n) is 6.97. The average Bonchev–Trinajstić information content (AvgIpc) is 2.54. The lowest BCUT2D eigenvalue weighted by Gasteiger charge is -2.07. The zero-order valence-electron chi connectivity index (χ0n) is 13.2. The van der Waals surface area contributed by atoms with Crippen molar-refractivity contribution in [2.45, 2.75) is 6.92 Å². The van der Waals surface area contributed by atoms with Crippen LogP contribution in [0, 0.1) is 0 Å². The fourth-order valence-corrected chi connectivity index (χ4v) is 2.03. The number of ether oxygens (including phenoxy) is 2. The van der Waals surface area contributed by atoms with Crippen LogP contribution in [0.1, 0.15) is 17.3 Å². The Labute approximate surface area is 137 Å². The minimum absolute atomic E-state index is 0.0465. The van der Waals surface area contributed by atoms with Crippen molar-refractivity contribution in [3.05, 3.63) is 70.4 Å². The third-order valence-electron chi connectivity index (χ3n) is 3.10. The van der Waals surface area contributed by atoms with Crippen molar-refractivity contribution in [1.82, 2.24) is 10.3 Å². The number of pyridine rings is 1. The Bertz CT molecular complexity index is 895. The predicted octanol–water partition coefficient (Wildman–Crippen LogP) is 2.46. The van der Waals surface area contributed by atoms with Crippen LogP contribution >= 0.6 is 0 Å². The van der Waals surface area contributed by atoms with Crippen molar-refractivity contribution < 1.29 is 19.1 Å². The Morgan fingerprint density at radius 3 is 2.71 bits per heavy atom. The molecule has 1 heterocycles. The summed E-state index contributed by atoms with van der Waals surface area (Å²) in [5.74, 6) is -0.436. The number of allylic oxidation sites excluding steroid dienone is 2. The molecule has 7 heteroatoms. The van der Waals surface area contributed by atoms with Crippen LogP contribution in [0.15, 0.2) is 59.4 Å². The number of nitrogens with one attached hydrogen (secondary N) is 2. The summed E-state index contributed by atoms with van der Waals surface area (Å²) in [5, 5.41) is 2.88. The van der Waals surface area contributed by atoms with Crippen molar-refractivity contribution >= 4 is 23.0 Å². The average molecular weight is 328 g/mol. The number of benzene rings is 1. The molecule has 2 rings (SSSR count). The van der Waals surface area contributed by atoms with Crippen LogP contribution < -0.4 is 10.7 Å². The Hall–Kier alpha value is -3.35. The second-order valence-corrected chi connectivity index (χ2v) is 4.87. The first-order valence-corrected chi connectivity index (χ1v) is 6.97. The molecule has 1 aromatic carbocycles. The fraction of sp³-hybridized carbons (Fsp3) is 0.118. The summed E-state index contributed by atoms with van der Waals surface area (Å²) < 4.78 is 9.10. The fourth-order valence-electron chi connectivity index (χ4n) is 2.03. The highest BCUT2D eigenvalue weighted by molar-refractivity contribution is 5.98. The Balaban J connectivity index is 2.17. The SMILES string of the molecule is C=C(/C=C(\C)OC(=O)OC)NC(=O)c1c[nH]c2ccccc2c1=O. The van der Waals surface area contributed by atoms with Gasteiger partial charge in [-0.3, -0.25) is 9.59 Å². The molecule has 1 amide bonds. The normalized spacial score (nSPS) is 11.0. The number of rotatable bonds is 4. The summed E-state index contributed by atoms with van der Waals surface area (Å²) in [6, 6.07) is 6.88. The molecular weight excluding hydrogens is 312 g/mol. The Kier molecular flexibility index (Phi) is 5.16. The first kappa shape index (κ1) is 17.0. The number of aromatic amines is 1. The molecular formula is C17H16N2O5. The summed E-state index contributed by atoms with van der Waals surface area (Å²) >= 11 is 0. The maximum atomic E-state index is 12.3.